The number of hydrogen-bond donors (Lipinski definition) is 0. The molecule has 10 rings (SSSR count). The molecule has 300 valence electrons. The first-order valence-corrected chi connectivity index (χ1v) is 21.3. The summed E-state index contributed by atoms with van der Waals surface area (Å²) in [7, 11) is 0. The minimum atomic E-state index is 0.687. The van der Waals surface area contributed by atoms with Gasteiger partial charge in [0.2, 0.25) is 0 Å². The Labute approximate surface area is 364 Å². The second-order valence-corrected chi connectivity index (χ2v) is 15.4. The highest BCUT2D eigenvalue weighted by Crippen LogP contribution is 2.56. The lowest BCUT2D eigenvalue weighted by atomic mass is 9.88. The van der Waals surface area contributed by atoms with Crippen molar-refractivity contribution >= 4 is 39.1 Å². The van der Waals surface area contributed by atoms with Crippen molar-refractivity contribution in [2.45, 2.75) is 20.8 Å². The Morgan fingerprint density at radius 2 is 1.03 bits per heavy atom. The number of ether oxygens (including phenoxy) is 2. The van der Waals surface area contributed by atoms with Crippen LogP contribution in [0.5, 0.6) is 23.0 Å². The van der Waals surface area contributed by atoms with E-state index in [1.807, 2.05) is 13.0 Å². The average Bonchev–Trinajstić information content (AvgIpc) is 3.33. The highest BCUT2D eigenvalue weighted by Gasteiger charge is 2.30. The molecule has 0 unspecified atom stereocenters. The summed E-state index contributed by atoms with van der Waals surface area (Å²) in [5, 5.41) is 2.13. The molecule has 0 saturated carbocycles. The Bertz CT molecular complexity index is 3070. The smallest absolute Gasteiger partial charge is 0.137 e. The van der Waals surface area contributed by atoms with E-state index in [0.29, 0.717) is 6.54 Å². The molecular weight excluding hydrogens is 757 g/mol. The predicted molar refractivity (Wildman–Crippen MR) is 260 cm³/mol. The molecule has 0 spiro atoms. The van der Waals surface area contributed by atoms with Crippen LogP contribution in [-0.2, 0) is 0 Å². The van der Waals surface area contributed by atoms with Crippen LogP contribution in [0.4, 0.5) is 22.7 Å². The molecule has 62 heavy (non-hydrogen) atoms. The maximum absolute atomic E-state index is 6.90. The molecular formula is C58H46N2O2. The van der Waals surface area contributed by atoms with Crippen LogP contribution in [0.15, 0.2) is 218 Å². The third kappa shape index (κ3) is 6.86. The van der Waals surface area contributed by atoms with E-state index >= 15 is 0 Å². The quantitative estimate of drug-likeness (QED) is 0.122. The number of benzene rings is 8. The molecule has 0 fully saturated rings. The van der Waals surface area contributed by atoms with Gasteiger partial charge in [0.15, 0.2) is 0 Å². The zero-order valence-corrected chi connectivity index (χ0v) is 35.1. The molecule has 8 aromatic rings. The van der Waals surface area contributed by atoms with Crippen molar-refractivity contribution in [3.8, 4) is 56.4 Å². The molecule has 0 saturated heterocycles. The molecule has 0 atom stereocenters. The van der Waals surface area contributed by atoms with E-state index in [1.165, 1.54) is 11.1 Å². The van der Waals surface area contributed by atoms with Crippen molar-refractivity contribution in [3.05, 3.63) is 224 Å². The first-order valence-electron chi connectivity index (χ1n) is 21.3. The standard InChI is InChI=1S/C58H46N2O2/c1-4-7-8-20-37-59(51(6-3)45(5-2)40-21-12-9-13-22-40)43-29-31-47-49-33-36-54-58-50(34-35-53(57(49)58)61-55(47)38-43)48-32-30-44(39-56(48)62-54)60(42-25-16-11-17-26-42)52-28-19-18-27-46(52)41-23-14-10-15-24-41/h4-36,38-39H,37H2,1-3H3/b7-4-,20-8-,45-5-,51-6+. The van der Waals surface area contributed by atoms with Crippen LogP contribution >= 0.6 is 0 Å². The maximum atomic E-state index is 6.90. The normalized spacial score (nSPS) is 12.8. The van der Waals surface area contributed by atoms with E-state index in [1.54, 1.807) is 0 Å². The molecule has 8 aromatic carbocycles. The van der Waals surface area contributed by atoms with E-state index in [0.717, 1.165) is 95.6 Å². The van der Waals surface area contributed by atoms with Gasteiger partial charge in [-0.15, -0.1) is 0 Å². The zero-order valence-electron chi connectivity index (χ0n) is 35.1. The Morgan fingerprint density at radius 3 is 1.66 bits per heavy atom. The molecule has 0 N–H and O–H groups in total. The lowest BCUT2D eigenvalue weighted by molar-refractivity contribution is 0.480. The summed E-state index contributed by atoms with van der Waals surface area (Å²) in [4.78, 5) is 4.68. The lowest BCUT2D eigenvalue weighted by Crippen LogP contribution is -2.23. The van der Waals surface area contributed by atoms with Gasteiger partial charge in [-0.05, 0) is 110 Å². The predicted octanol–water partition coefficient (Wildman–Crippen LogP) is 16.5. The van der Waals surface area contributed by atoms with E-state index in [-0.39, 0.29) is 0 Å². The van der Waals surface area contributed by atoms with E-state index < -0.39 is 0 Å². The van der Waals surface area contributed by atoms with Gasteiger partial charge in [0.25, 0.3) is 0 Å². The fourth-order valence-corrected chi connectivity index (χ4v) is 9.00. The van der Waals surface area contributed by atoms with Gasteiger partial charge in [0, 0.05) is 74.5 Å². The van der Waals surface area contributed by atoms with Crippen LogP contribution in [-0.4, -0.2) is 6.54 Å². The number of anilines is 4. The zero-order chi connectivity index (χ0) is 42.0. The van der Waals surface area contributed by atoms with E-state index in [4.69, 9.17) is 9.47 Å². The molecule has 2 aliphatic heterocycles. The molecule has 2 heterocycles. The van der Waals surface area contributed by atoms with Gasteiger partial charge < -0.3 is 19.3 Å². The highest BCUT2D eigenvalue weighted by atomic mass is 16.5. The monoisotopic (exact) mass is 802 g/mol. The summed E-state index contributed by atoms with van der Waals surface area (Å²) in [5.74, 6) is 3.29. The minimum absolute atomic E-state index is 0.687. The van der Waals surface area contributed by atoms with Crippen molar-refractivity contribution in [1.29, 1.82) is 0 Å². The van der Waals surface area contributed by atoms with Crippen LogP contribution < -0.4 is 19.3 Å². The first kappa shape index (κ1) is 38.4. The molecule has 0 aliphatic carbocycles. The van der Waals surface area contributed by atoms with Crippen LogP contribution in [0, 0.1) is 0 Å². The van der Waals surface area contributed by atoms with Gasteiger partial charge in [0.1, 0.15) is 23.0 Å². The highest BCUT2D eigenvalue weighted by molar-refractivity contribution is 6.14. The molecule has 0 aromatic heterocycles. The van der Waals surface area contributed by atoms with Gasteiger partial charge in [-0.1, -0.05) is 134 Å². The summed E-state index contributed by atoms with van der Waals surface area (Å²) in [6.07, 6.45) is 12.8. The van der Waals surface area contributed by atoms with Gasteiger partial charge >= 0.3 is 0 Å². The fraction of sp³-hybridized carbons (Fsp3) is 0.0690. The maximum Gasteiger partial charge on any atom is 0.137 e. The summed E-state index contributed by atoms with van der Waals surface area (Å²) >= 11 is 0. The third-order valence-electron chi connectivity index (χ3n) is 11.8. The van der Waals surface area contributed by atoms with Crippen LogP contribution in [0.3, 0.4) is 0 Å². The SMILES string of the molecule is C/C=C\C=C/CN(C(=C/C)/C(=C\C)c1ccccc1)c1ccc2c(c1)Oc1ccc3c4c(ccc-2c14)Oc1cc(N(c2ccccc2)c2ccccc2-c2ccccc2)ccc1-3. The minimum Gasteiger partial charge on any atom is -0.456 e. The van der Waals surface area contributed by atoms with E-state index in [2.05, 4.69) is 230 Å². The van der Waals surface area contributed by atoms with Gasteiger partial charge in [-0.25, -0.2) is 0 Å². The Hall–Kier alpha value is -7.82. The van der Waals surface area contributed by atoms with Crippen LogP contribution in [0.2, 0.25) is 0 Å². The summed E-state index contributed by atoms with van der Waals surface area (Å²) in [6.45, 7) is 6.94. The second kappa shape index (κ2) is 16.7. The Morgan fingerprint density at radius 1 is 0.468 bits per heavy atom. The molecule has 4 heteroatoms. The topological polar surface area (TPSA) is 24.9 Å². The van der Waals surface area contributed by atoms with Crippen molar-refractivity contribution in [2.24, 2.45) is 0 Å². The number of rotatable bonds is 11. The Kier molecular flexibility index (Phi) is 10.3. The van der Waals surface area contributed by atoms with Crippen LogP contribution in [0.25, 0.3) is 49.7 Å². The van der Waals surface area contributed by atoms with Crippen LogP contribution in [0.1, 0.15) is 26.3 Å². The number of fused-ring (bicyclic) bond motifs is 4. The fourth-order valence-electron chi connectivity index (χ4n) is 9.00. The van der Waals surface area contributed by atoms with E-state index in [9.17, 15) is 0 Å². The van der Waals surface area contributed by atoms with Gasteiger partial charge in [-0.2, -0.15) is 0 Å². The average molecular weight is 803 g/mol. The van der Waals surface area contributed by atoms with Crippen molar-refractivity contribution in [3.63, 3.8) is 0 Å². The number of nitrogens with zero attached hydrogens (tertiary/aromatic N) is 2. The van der Waals surface area contributed by atoms with Crippen molar-refractivity contribution < 1.29 is 9.47 Å². The van der Waals surface area contributed by atoms with Gasteiger partial charge in [0.05, 0.1) is 5.69 Å². The molecule has 4 nitrogen and oxygen atoms in total. The van der Waals surface area contributed by atoms with Crippen molar-refractivity contribution in [1.82, 2.24) is 0 Å². The first-order chi connectivity index (χ1) is 30.6. The number of allylic oxidation sites excluding steroid dienone is 6. The molecule has 0 amide bonds. The van der Waals surface area contributed by atoms with Gasteiger partial charge in [-0.3, -0.25) is 0 Å². The third-order valence-corrected chi connectivity index (χ3v) is 11.8. The number of para-hydroxylation sites is 2. The summed E-state index contributed by atoms with van der Waals surface area (Å²) in [6, 6.07) is 62.1. The Balaban J connectivity index is 1.04. The number of hydrogen-bond acceptors (Lipinski definition) is 4. The second-order valence-electron chi connectivity index (χ2n) is 15.4. The largest absolute Gasteiger partial charge is 0.456 e. The van der Waals surface area contributed by atoms with Crippen molar-refractivity contribution in [2.75, 3.05) is 16.3 Å². The summed E-state index contributed by atoms with van der Waals surface area (Å²) in [5.41, 5.74) is 14.4. The summed E-state index contributed by atoms with van der Waals surface area (Å²) < 4.78 is 13.8. The molecule has 2 aliphatic rings. The molecule has 0 radical (unpaired) electrons. The molecule has 0 bridgehead atoms. The lowest BCUT2D eigenvalue weighted by Gasteiger charge is -2.31.